The Morgan fingerprint density at radius 1 is 1.60 bits per heavy atom. The van der Waals surface area contributed by atoms with Gasteiger partial charge in [0, 0.05) is 11.5 Å². The van der Waals surface area contributed by atoms with E-state index in [-0.39, 0.29) is 5.75 Å². The van der Waals surface area contributed by atoms with Crippen LogP contribution in [0.15, 0.2) is 22.8 Å². The minimum Gasteiger partial charge on any atom is -0.218 e. The Morgan fingerprint density at radius 3 is 2.60 bits per heavy atom. The lowest BCUT2D eigenvalue weighted by atomic mass is 10.2. The fraction of sp³-hybridized carbons (Fsp3) is 0.400. The molecular weight excluding hydrogens is 234 g/mol. The first-order valence-corrected chi connectivity index (χ1v) is 6.34. The van der Waals surface area contributed by atoms with Crippen LogP contribution in [0.3, 0.4) is 0 Å². The summed E-state index contributed by atoms with van der Waals surface area (Å²) in [6.45, 7) is 1.75. The molecule has 0 aliphatic rings. The third kappa shape index (κ3) is 6.34. The molecule has 0 aromatic carbocycles. The summed E-state index contributed by atoms with van der Waals surface area (Å²) in [5.41, 5.74) is 0.615. The first-order chi connectivity index (χ1) is 6.95. The predicted octanol–water partition coefficient (Wildman–Crippen LogP) is 1.63. The lowest BCUT2D eigenvalue weighted by molar-refractivity contribution is 0.590. The summed E-state index contributed by atoms with van der Waals surface area (Å²) < 4.78 is 24.7. The van der Waals surface area contributed by atoms with Gasteiger partial charge < -0.3 is 0 Å². The first-order valence-electron chi connectivity index (χ1n) is 4.31. The normalized spacial score (nSPS) is 13.7. The molecule has 0 atom stereocenters. The molecule has 0 rings (SSSR count). The van der Waals surface area contributed by atoms with Crippen molar-refractivity contribution in [1.82, 2.24) is 4.72 Å². The SMILES string of the molecule is C#CC/C(Cl)=C\C(=C/C)CS(=O)(=O)NC. The third-order valence-electron chi connectivity index (χ3n) is 1.65. The molecule has 0 aromatic heterocycles. The number of sulfonamides is 1. The molecule has 1 N–H and O–H groups in total. The van der Waals surface area contributed by atoms with Crippen molar-refractivity contribution in [2.45, 2.75) is 13.3 Å². The lowest BCUT2D eigenvalue weighted by Gasteiger charge is -2.03. The van der Waals surface area contributed by atoms with Gasteiger partial charge in [0.25, 0.3) is 0 Å². The summed E-state index contributed by atoms with van der Waals surface area (Å²) in [4.78, 5) is 0. The van der Waals surface area contributed by atoms with E-state index in [2.05, 4.69) is 10.6 Å². The molecule has 0 aliphatic carbocycles. The fourth-order valence-electron chi connectivity index (χ4n) is 0.850. The highest BCUT2D eigenvalue weighted by Crippen LogP contribution is 2.11. The van der Waals surface area contributed by atoms with E-state index < -0.39 is 10.0 Å². The summed E-state index contributed by atoms with van der Waals surface area (Å²) >= 11 is 5.79. The predicted molar refractivity (Wildman–Crippen MR) is 64.0 cm³/mol. The van der Waals surface area contributed by atoms with Gasteiger partial charge in [-0.05, 0) is 25.6 Å². The third-order valence-corrected chi connectivity index (χ3v) is 3.23. The van der Waals surface area contributed by atoms with E-state index >= 15 is 0 Å². The van der Waals surface area contributed by atoms with Crippen molar-refractivity contribution in [2.75, 3.05) is 12.8 Å². The zero-order valence-electron chi connectivity index (χ0n) is 8.75. The van der Waals surface area contributed by atoms with E-state index in [4.69, 9.17) is 18.0 Å². The van der Waals surface area contributed by atoms with Gasteiger partial charge in [0.1, 0.15) is 0 Å². The smallest absolute Gasteiger partial charge is 0.215 e. The van der Waals surface area contributed by atoms with Crippen molar-refractivity contribution in [1.29, 1.82) is 0 Å². The number of halogens is 1. The fourth-order valence-corrected chi connectivity index (χ4v) is 1.90. The van der Waals surface area contributed by atoms with Crippen LogP contribution in [0.4, 0.5) is 0 Å². The number of rotatable bonds is 5. The van der Waals surface area contributed by atoms with Crippen LogP contribution in [-0.4, -0.2) is 21.2 Å². The molecule has 15 heavy (non-hydrogen) atoms. The molecule has 3 nitrogen and oxygen atoms in total. The van der Waals surface area contributed by atoms with Gasteiger partial charge in [-0.1, -0.05) is 17.7 Å². The topological polar surface area (TPSA) is 46.2 Å². The minimum absolute atomic E-state index is 0.0964. The molecule has 0 aliphatic heterocycles. The molecule has 0 radical (unpaired) electrons. The zero-order valence-corrected chi connectivity index (χ0v) is 10.3. The quantitative estimate of drug-likeness (QED) is 0.593. The van der Waals surface area contributed by atoms with Gasteiger partial charge in [0.05, 0.1) is 5.75 Å². The zero-order chi connectivity index (χ0) is 11.9. The van der Waals surface area contributed by atoms with E-state index in [1.165, 1.54) is 7.05 Å². The standard InChI is InChI=1S/C10H14ClNO2S/c1-4-6-10(11)7-9(5-2)8-15(13,14)12-3/h1,5,7,12H,6,8H2,2-3H3/b9-5+,10-7+. The van der Waals surface area contributed by atoms with Crippen LogP contribution >= 0.6 is 11.6 Å². The van der Waals surface area contributed by atoms with E-state index in [9.17, 15) is 8.42 Å². The van der Waals surface area contributed by atoms with Gasteiger partial charge >= 0.3 is 0 Å². The number of allylic oxidation sites excluding steroid dienone is 3. The van der Waals surface area contributed by atoms with Gasteiger partial charge in [-0.15, -0.1) is 12.3 Å². The molecule has 0 amide bonds. The molecule has 0 unspecified atom stereocenters. The maximum absolute atomic E-state index is 11.2. The van der Waals surface area contributed by atoms with Crippen molar-refractivity contribution in [3.63, 3.8) is 0 Å². The first kappa shape index (κ1) is 14.2. The molecule has 0 spiro atoms. The Morgan fingerprint density at radius 2 is 2.20 bits per heavy atom. The van der Waals surface area contributed by atoms with Crippen molar-refractivity contribution < 1.29 is 8.42 Å². The van der Waals surface area contributed by atoms with Crippen LogP contribution < -0.4 is 4.72 Å². The molecule has 5 heteroatoms. The second kappa shape index (κ2) is 6.67. The summed E-state index contributed by atoms with van der Waals surface area (Å²) in [6.07, 6.45) is 8.65. The van der Waals surface area contributed by atoms with Crippen LogP contribution in [0, 0.1) is 12.3 Å². The number of nitrogens with one attached hydrogen (secondary N) is 1. The largest absolute Gasteiger partial charge is 0.218 e. The van der Waals surface area contributed by atoms with Crippen molar-refractivity contribution in [3.8, 4) is 12.3 Å². The summed E-state index contributed by atoms with van der Waals surface area (Å²) in [7, 11) is -1.89. The van der Waals surface area contributed by atoms with E-state index in [0.29, 0.717) is 17.0 Å². The highest BCUT2D eigenvalue weighted by molar-refractivity contribution is 7.89. The van der Waals surface area contributed by atoms with Crippen molar-refractivity contribution in [3.05, 3.63) is 22.8 Å². The van der Waals surface area contributed by atoms with E-state index in [1.807, 2.05) is 0 Å². The number of terminal acetylenes is 1. The average Bonchev–Trinajstić information content (AvgIpc) is 2.17. The van der Waals surface area contributed by atoms with Crippen LogP contribution in [0.1, 0.15) is 13.3 Å². The molecule has 0 heterocycles. The highest BCUT2D eigenvalue weighted by Gasteiger charge is 2.08. The molecular formula is C10H14ClNO2S. The molecule has 0 aromatic rings. The molecule has 0 saturated carbocycles. The molecule has 0 saturated heterocycles. The maximum atomic E-state index is 11.2. The van der Waals surface area contributed by atoms with Crippen LogP contribution in [-0.2, 0) is 10.0 Å². The Balaban J connectivity index is 4.71. The Kier molecular flexibility index (Phi) is 6.34. The number of hydrogen-bond acceptors (Lipinski definition) is 2. The van der Waals surface area contributed by atoms with Crippen molar-refractivity contribution in [2.24, 2.45) is 0 Å². The molecule has 0 fully saturated rings. The molecule has 0 bridgehead atoms. The summed E-state index contributed by atoms with van der Waals surface area (Å²) in [6, 6.07) is 0. The highest BCUT2D eigenvalue weighted by atomic mass is 35.5. The Labute approximate surface area is 96.3 Å². The van der Waals surface area contributed by atoms with Crippen molar-refractivity contribution >= 4 is 21.6 Å². The second-order valence-electron chi connectivity index (χ2n) is 2.80. The van der Waals surface area contributed by atoms with Gasteiger partial charge in [-0.25, -0.2) is 13.1 Å². The summed E-state index contributed by atoms with van der Waals surface area (Å²) in [5.74, 6) is 2.28. The van der Waals surface area contributed by atoms with Gasteiger partial charge in [-0.2, -0.15) is 0 Å². The van der Waals surface area contributed by atoms with E-state index in [0.717, 1.165) is 0 Å². The van der Waals surface area contributed by atoms with Crippen LogP contribution in [0.5, 0.6) is 0 Å². The Bertz CT molecular complexity index is 402. The van der Waals surface area contributed by atoms with Crippen LogP contribution in [0.2, 0.25) is 0 Å². The van der Waals surface area contributed by atoms with Gasteiger partial charge in [0.2, 0.25) is 10.0 Å². The maximum Gasteiger partial charge on any atom is 0.215 e. The Hall–Kier alpha value is -0.760. The van der Waals surface area contributed by atoms with Gasteiger partial charge in [-0.3, -0.25) is 0 Å². The molecule has 84 valence electrons. The minimum atomic E-state index is -3.26. The number of hydrogen-bond donors (Lipinski definition) is 1. The lowest BCUT2D eigenvalue weighted by Crippen LogP contribution is -2.22. The van der Waals surface area contributed by atoms with Crippen LogP contribution in [0.25, 0.3) is 0 Å². The second-order valence-corrected chi connectivity index (χ2v) is 5.21. The van der Waals surface area contributed by atoms with E-state index in [1.54, 1.807) is 19.1 Å². The summed E-state index contributed by atoms with van der Waals surface area (Å²) in [5, 5.41) is 0.455. The van der Waals surface area contributed by atoms with Gasteiger partial charge in [0.15, 0.2) is 0 Å². The monoisotopic (exact) mass is 247 g/mol. The average molecular weight is 248 g/mol.